The van der Waals surface area contributed by atoms with Crippen LogP contribution in [-0.2, 0) is 0 Å². The summed E-state index contributed by atoms with van der Waals surface area (Å²) in [6.07, 6.45) is 1.19. The van der Waals surface area contributed by atoms with E-state index in [2.05, 4.69) is 48.1 Å². The van der Waals surface area contributed by atoms with Crippen molar-refractivity contribution in [2.75, 3.05) is 7.05 Å². The maximum atomic E-state index is 3.54. The molecule has 1 rings (SSSR count). The van der Waals surface area contributed by atoms with Crippen molar-refractivity contribution in [2.45, 2.75) is 33.2 Å². The molecular weight excluding hydrogens is 258 g/mol. The highest BCUT2D eigenvalue weighted by Gasteiger charge is 2.15. The van der Waals surface area contributed by atoms with Gasteiger partial charge in [0.2, 0.25) is 0 Å². The fourth-order valence-electron chi connectivity index (χ4n) is 1.68. The molecule has 1 heterocycles. The normalized spacial score (nSPS) is 13.6. The predicted molar refractivity (Wildman–Crippen MR) is 68.0 cm³/mol. The third-order valence-electron chi connectivity index (χ3n) is 2.36. The molecule has 0 aliphatic carbocycles. The topological polar surface area (TPSA) is 12.0 Å². The highest BCUT2D eigenvalue weighted by molar-refractivity contribution is 9.11. The van der Waals surface area contributed by atoms with Gasteiger partial charge in [-0.15, -0.1) is 11.3 Å². The van der Waals surface area contributed by atoms with Gasteiger partial charge in [0.05, 0.1) is 3.79 Å². The summed E-state index contributed by atoms with van der Waals surface area (Å²) in [4.78, 5) is 1.41. The van der Waals surface area contributed by atoms with E-state index >= 15 is 0 Å². The van der Waals surface area contributed by atoms with Crippen molar-refractivity contribution in [3.63, 3.8) is 0 Å². The largest absolute Gasteiger partial charge is 0.313 e. The first-order valence-corrected chi connectivity index (χ1v) is 6.58. The van der Waals surface area contributed by atoms with Crippen LogP contribution in [0.4, 0.5) is 0 Å². The van der Waals surface area contributed by atoms with E-state index in [1.807, 2.05) is 18.4 Å². The minimum atomic E-state index is 0.498. The smallest absolute Gasteiger partial charge is 0.0704 e. The molecule has 0 saturated heterocycles. The summed E-state index contributed by atoms with van der Waals surface area (Å²) in [5, 5.41) is 3.39. The van der Waals surface area contributed by atoms with Crippen molar-refractivity contribution in [3.05, 3.63) is 20.3 Å². The Morgan fingerprint density at radius 2 is 2.14 bits per heavy atom. The lowest BCUT2D eigenvalue weighted by molar-refractivity contribution is 0.456. The van der Waals surface area contributed by atoms with Gasteiger partial charge in [-0.1, -0.05) is 13.8 Å². The van der Waals surface area contributed by atoms with Crippen molar-refractivity contribution in [1.82, 2.24) is 5.32 Å². The van der Waals surface area contributed by atoms with Crippen LogP contribution < -0.4 is 5.32 Å². The van der Waals surface area contributed by atoms with E-state index in [4.69, 9.17) is 0 Å². The first kappa shape index (κ1) is 12.2. The number of hydrogen-bond donors (Lipinski definition) is 1. The molecule has 0 aromatic carbocycles. The summed E-state index contributed by atoms with van der Waals surface area (Å²) in [5.41, 5.74) is 1.44. The molecule has 14 heavy (non-hydrogen) atoms. The van der Waals surface area contributed by atoms with E-state index in [-0.39, 0.29) is 0 Å². The molecular formula is C11H18BrNS. The Balaban J connectivity index is 2.83. The molecule has 1 aromatic rings. The van der Waals surface area contributed by atoms with E-state index in [1.165, 1.54) is 20.6 Å². The van der Waals surface area contributed by atoms with E-state index in [9.17, 15) is 0 Å². The Labute approximate surface area is 99.0 Å². The second-order valence-electron chi connectivity index (χ2n) is 4.03. The molecule has 0 saturated carbocycles. The predicted octanol–water partition coefficient (Wildman–Crippen LogP) is 4.13. The molecule has 1 atom stereocenters. The number of aryl methyl sites for hydroxylation is 1. The molecule has 1 aromatic heterocycles. The average Bonchev–Trinajstić information content (AvgIpc) is 2.41. The second kappa shape index (κ2) is 5.29. The lowest BCUT2D eigenvalue weighted by atomic mass is 9.98. The van der Waals surface area contributed by atoms with Gasteiger partial charge in [-0.2, -0.15) is 0 Å². The average molecular weight is 276 g/mol. The van der Waals surface area contributed by atoms with Gasteiger partial charge in [-0.25, -0.2) is 0 Å². The van der Waals surface area contributed by atoms with E-state index < -0.39 is 0 Å². The van der Waals surface area contributed by atoms with Crippen LogP contribution in [0.1, 0.15) is 36.8 Å². The van der Waals surface area contributed by atoms with Crippen LogP contribution in [0, 0.1) is 12.8 Å². The van der Waals surface area contributed by atoms with E-state index in [0.29, 0.717) is 6.04 Å². The molecule has 80 valence electrons. The summed E-state index contributed by atoms with van der Waals surface area (Å²) >= 11 is 5.35. The molecule has 0 amide bonds. The quantitative estimate of drug-likeness (QED) is 0.872. The SMILES string of the molecule is CNC(CC(C)C)c1cc(Br)sc1C. The Morgan fingerprint density at radius 3 is 2.50 bits per heavy atom. The van der Waals surface area contributed by atoms with Gasteiger partial charge in [0, 0.05) is 10.9 Å². The van der Waals surface area contributed by atoms with Crippen LogP contribution in [0.3, 0.4) is 0 Å². The lowest BCUT2D eigenvalue weighted by Crippen LogP contribution is -2.18. The van der Waals surface area contributed by atoms with Gasteiger partial charge in [-0.05, 0) is 53.9 Å². The first-order valence-electron chi connectivity index (χ1n) is 4.97. The maximum absolute atomic E-state index is 3.54. The fraction of sp³-hybridized carbons (Fsp3) is 0.636. The van der Waals surface area contributed by atoms with Crippen LogP contribution >= 0.6 is 27.3 Å². The summed E-state index contributed by atoms with van der Waals surface area (Å²) in [5.74, 6) is 0.727. The minimum Gasteiger partial charge on any atom is -0.313 e. The summed E-state index contributed by atoms with van der Waals surface area (Å²) < 4.78 is 1.23. The van der Waals surface area contributed by atoms with Gasteiger partial charge in [0.1, 0.15) is 0 Å². The Morgan fingerprint density at radius 1 is 1.50 bits per heavy atom. The standard InChI is InChI=1S/C11H18BrNS/c1-7(2)5-10(13-4)9-6-11(12)14-8(9)3/h6-7,10,13H,5H2,1-4H3. The van der Waals surface area contributed by atoms with Gasteiger partial charge in [0.25, 0.3) is 0 Å². The summed E-state index contributed by atoms with van der Waals surface area (Å²) in [7, 11) is 2.04. The van der Waals surface area contributed by atoms with Crippen LogP contribution in [0.15, 0.2) is 9.85 Å². The molecule has 0 fully saturated rings. The van der Waals surface area contributed by atoms with Crippen LogP contribution in [0.5, 0.6) is 0 Å². The van der Waals surface area contributed by atoms with Gasteiger partial charge in [-0.3, -0.25) is 0 Å². The molecule has 0 radical (unpaired) electrons. The molecule has 1 unspecified atom stereocenters. The summed E-state index contributed by atoms with van der Waals surface area (Å²) in [6, 6.07) is 2.74. The second-order valence-corrected chi connectivity index (χ2v) is 6.67. The van der Waals surface area contributed by atoms with E-state index in [0.717, 1.165) is 5.92 Å². The molecule has 1 nitrogen and oxygen atoms in total. The van der Waals surface area contributed by atoms with Crippen LogP contribution in [0.2, 0.25) is 0 Å². The van der Waals surface area contributed by atoms with Crippen molar-refractivity contribution in [3.8, 4) is 0 Å². The molecule has 3 heteroatoms. The fourth-order valence-corrected chi connectivity index (χ4v) is 3.45. The molecule has 0 spiro atoms. The first-order chi connectivity index (χ1) is 6.54. The lowest BCUT2D eigenvalue weighted by Gasteiger charge is -2.18. The number of nitrogens with one attached hydrogen (secondary N) is 1. The van der Waals surface area contributed by atoms with Crippen LogP contribution in [-0.4, -0.2) is 7.05 Å². The number of hydrogen-bond acceptors (Lipinski definition) is 2. The summed E-state index contributed by atoms with van der Waals surface area (Å²) in [6.45, 7) is 6.72. The molecule has 0 aliphatic heterocycles. The number of halogens is 1. The third-order valence-corrected chi connectivity index (χ3v) is 3.93. The number of rotatable bonds is 4. The van der Waals surface area contributed by atoms with Gasteiger partial charge >= 0.3 is 0 Å². The highest BCUT2D eigenvalue weighted by Crippen LogP contribution is 2.32. The zero-order valence-electron chi connectivity index (χ0n) is 9.23. The van der Waals surface area contributed by atoms with Gasteiger partial charge < -0.3 is 5.32 Å². The minimum absolute atomic E-state index is 0.498. The van der Waals surface area contributed by atoms with Crippen molar-refractivity contribution >= 4 is 27.3 Å². The van der Waals surface area contributed by atoms with Crippen LogP contribution in [0.25, 0.3) is 0 Å². The highest BCUT2D eigenvalue weighted by atomic mass is 79.9. The van der Waals surface area contributed by atoms with Crippen molar-refractivity contribution in [1.29, 1.82) is 0 Å². The Bertz CT molecular complexity index is 293. The Kier molecular flexibility index (Phi) is 4.61. The maximum Gasteiger partial charge on any atom is 0.0704 e. The monoisotopic (exact) mass is 275 g/mol. The van der Waals surface area contributed by atoms with Crippen molar-refractivity contribution in [2.24, 2.45) is 5.92 Å². The van der Waals surface area contributed by atoms with Crippen molar-refractivity contribution < 1.29 is 0 Å². The number of thiophene rings is 1. The third kappa shape index (κ3) is 3.07. The zero-order valence-corrected chi connectivity index (χ0v) is 11.6. The van der Waals surface area contributed by atoms with Gasteiger partial charge in [0.15, 0.2) is 0 Å². The zero-order chi connectivity index (χ0) is 10.7. The van der Waals surface area contributed by atoms with E-state index in [1.54, 1.807) is 0 Å². The molecule has 1 N–H and O–H groups in total. The Hall–Kier alpha value is 0.140. The molecule has 0 bridgehead atoms. The molecule has 0 aliphatic rings.